The average molecular weight is 1470 g/mol. The van der Waals surface area contributed by atoms with Crippen LogP contribution in [0.25, 0.3) is 177 Å². The van der Waals surface area contributed by atoms with E-state index in [-0.39, 0.29) is 0 Å². The Bertz CT molecular complexity index is 7160. The third kappa shape index (κ3) is 10.7. The molecule has 6 nitrogen and oxygen atoms in total. The van der Waals surface area contributed by atoms with Crippen LogP contribution < -0.4 is 0 Å². The van der Waals surface area contributed by atoms with Crippen LogP contribution in [0.2, 0.25) is 0 Å². The number of benzene rings is 17. The number of aromatic nitrogens is 4. The van der Waals surface area contributed by atoms with Crippen LogP contribution in [-0.2, 0) is 10.8 Å². The Morgan fingerprint density at radius 3 is 0.931 bits per heavy atom. The molecule has 116 heavy (non-hydrogen) atoms. The number of fused-ring (bicyclic) bond motifs is 22. The molecule has 0 saturated carbocycles. The van der Waals surface area contributed by atoms with Crippen LogP contribution >= 0.6 is 0 Å². The summed E-state index contributed by atoms with van der Waals surface area (Å²) in [6.07, 6.45) is 0. The van der Waals surface area contributed by atoms with Crippen molar-refractivity contribution in [1.29, 1.82) is 0 Å². The molecule has 0 atom stereocenters. The summed E-state index contributed by atoms with van der Waals surface area (Å²) in [6, 6.07) is 142. The summed E-state index contributed by atoms with van der Waals surface area (Å²) in [6.45, 7) is 15.8. The molecule has 0 fully saturated rings. The maximum absolute atomic E-state index is 7.90. The summed E-state index contributed by atoms with van der Waals surface area (Å²) in [5.41, 5.74) is 36.6. The zero-order chi connectivity index (χ0) is 77.0. The molecule has 0 unspecified atom stereocenters. The first-order valence-corrected chi connectivity index (χ1v) is 39.3. The lowest BCUT2D eigenvalue weighted by Crippen LogP contribution is -2.25. The molecule has 0 radical (unpaired) electrons. The van der Waals surface area contributed by atoms with Gasteiger partial charge in [0.05, 0.1) is 46.7 Å². The predicted octanol–water partition coefficient (Wildman–Crippen LogP) is 28.1. The summed E-state index contributed by atoms with van der Waals surface area (Å²) in [4.78, 5) is 28.4. The molecule has 536 valence electrons. The quantitative estimate of drug-likeness (QED) is 0.135. The van der Waals surface area contributed by atoms with Gasteiger partial charge in [-0.05, 0) is 192 Å². The van der Waals surface area contributed by atoms with E-state index in [9.17, 15) is 0 Å². The molecule has 17 aromatic carbocycles. The normalized spacial score (nSPS) is 12.8. The van der Waals surface area contributed by atoms with Gasteiger partial charge in [0.2, 0.25) is 0 Å². The second kappa shape index (κ2) is 27.1. The van der Waals surface area contributed by atoms with E-state index in [1.165, 1.54) is 94.0 Å². The molecule has 19 aromatic rings. The molecule has 6 heteroatoms. The van der Waals surface area contributed by atoms with Crippen molar-refractivity contribution in [2.75, 3.05) is 0 Å². The van der Waals surface area contributed by atoms with Gasteiger partial charge in [-0.15, -0.1) is 0 Å². The summed E-state index contributed by atoms with van der Waals surface area (Å²) in [7, 11) is 0. The number of hydrogen-bond acceptors (Lipinski definition) is 4. The van der Waals surface area contributed by atoms with Crippen molar-refractivity contribution in [2.45, 2.75) is 10.8 Å². The topological polar surface area (TPSA) is 60.3 Å². The van der Waals surface area contributed by atoms with Gasteiger partial charge >= 0.3 is 0 Å². The fraction of sp³-hybridized carbons (Fsp3) is 0.0182. The van der Waals surface area contributed by atoms with Crippen LogP contribution in [-0.4, -0.2) is 19.9 Å². The van der Waals surface area contributed by atoms with Crippen LogP contribution in [0.4, 0.5) is 11.4 Å². The van der Waals surface area contributed by atoms with Gasteiger partial charge in [0.1, 0.15) is 0 Å². The third-order valence-electron chi connectivity index (χ3n) is 24.3. The first-order valence-electron chi connectivity index (χ1n) is 39.3. The van der Waals surface area contributed by atoms with Crippen molar-refractivity contribution in [2.24, 2.45) is 0 Å². The maximum Gasteiger partial charge on any atom is 0.187 e. The highest BCUT2D eigenvalue weighted by atomic mass is 14.9. The molecule has 2 aromatic heterocycles. The summed E-state index contributed by atoms with van der Waals surface area (Å²) < 4.78 is 0. The van der Waals surface area contributed by atoms with Gasteiger partial charge in [0.25, 0.3) is 0 Å². The van der Waals surface area contributed by atoms with Crippen molar-refractivity contribution in [1.82, 2.24) is 19.9 Å². The minimum absolute atomic E-state index is 0.443. The standard InChI is InChI=1S/C56H33N3.C54H33N3/c1-57-44-27-29-52-48(33-44)47-32-41(26-28-51(47)56(52)49-16-8-6-14-45(49)46-15-7-9-17-50(46)56)37-18-22-38(23-19-37)53-34-54(42-24-20-35-10-2-4-12-39(35)30-42)59-55(58-53)43-25-21-36-11-3-5-13-40(36)31-43;1-55-40-29-31-50-46(33-40)45-32-39(28-30-49(45)54(50)47-22-12-10-19-42(47)43-20-11-13-23-48(43)54)35-24-26-37(27-25-35)51-34-52(57-53(56-51)38-16-6-3-7-17-38)44-21-9-8-18-41(44)36-14-4-2-5-15-36/h2-34H;2-34H. The van der Waals surface area contributed by atoms with Crippen molar-refractivity contribution < 1.29 is 0 Å². The van der Waals surface area contributed by atoms with Gasteiger partial charge in [-0.2, -0.15) is 0 Å². The smallest absolute Gasteiger partial charge is 0.187 e. The first kappa shape index (κ1) is 67.3. The fourth-order valence-electron chi connectivity index (χ4n) is 19.0. The zero-order valence-corrected chi connectivity index (χ0v) is 62.8. The Morgan fingerprint density at radius 2 is 0.474 bits per heavy atom. The average Bonchev–Trinajstić information content (AvgIpc) is 1.51. The van der Waals surface area contributed by atoms with Crippen molar-refractivity contribution in [3.8, 4) is 146 Å². The Labute approximate surface area is 672 Å². The Kier molecular flexibility index (Phi) is 15.7. The summed E-state index contributed by atoms with van der Waals surface area (Å²) in [5.74, 6) is 1.38. The van der Waals surface area contributed by atoms with Gasteiger partial charge < -0.3 is 0 Å². The lowest BCUT2D eigenvalue weighted by molar-refractivity contribution is 0.794. The van der Waals surface area contributed by atoms with E-state index in [1.54, 1.807) is 0 Å². The summed E-state index contributed by atoms with van der Waals surface area (Å²) in [5, 5.41) is 4.72. The minimum atomic E-state index is -0.445. The van der Waals surface area contributed by atoms with E-state index in [0.29, 0.717) is 23.0 Å². The van der Waals surface area contributed by atoms with E-state index in [0.717, 1.165) is 106 Å². The first-order chi connectivity index (χ1) is 57.4. The number of rotatable bonds is 9. The van der Waals surface area contributed by atoms with Crippen LogP contribution in [0, 0.1) is 13.1 Å². The van der Waals surface area contributed by atoms with Crippen LogP contribution in [0.5, 0.6) is 0 Å². The highest BCUT2D eigenvalue weighted by molar-refractivity contribution is 6.00. The van der Waals surface area contributed by atoms with E-state index >= 15 is 0 Å². The molecule has 0 aliphatic heterocycles. The van der Waals surface area contributed by atoms with E-state index in [2.05, 4.69) is 374 Å². The van der Waals surface area contributed by atoms with Crippen LogP contribution in [0.1, 0.15) is 44.5 Å². The highest BCUT2D eigenvalue weighted by Gasteiger charge is 2.53. The Balaban J connectivity index is 0.000000141. The van der Waals surface area contributed by atoms with Crippen molar-refractivity contribution in [3.63, 3.8) is 0 Å². The molecule has 2 heterocycles. The molecule has 4 aliphatic rings. The highest BCUT2D eigenvalue weighted by Crippen LogP contribution is 2.65. The van der Waals surface area contributed by atoms with Gasteiger partial charge in [-0.3, -0.25) is 0 Å². The monoisotopic (exact) mass is 1470 g/mol. The van der Waals surface area contributed by atoms with Crippen LogP contribution in [0.3, 0.4) is 0 Å². The second-order valence-corrected chi connectivity index (χ2v) is 30.4. The molecule has 0 N–H and O–H groups in total. The SMILES string of the molecule is [C-]#[N+]c1ccc2c(c1)-c1cc(-c3ccc(-c4cc(-c5ccc6ccccc6c5)nc(-c5ccc6ccccc6c5)n4)cc3)ccc1C21c2ccccc2-c2ccccc21.[C-]#[N+]c1ccc2c(c1)-c1cc(-c3ccc(-c4cc(-c5ccccc5-c5ccccc5)nc(-c5ccccc5)n4)cc3)ccc1C21c2ccccc2-c2ccccc21. The predicted molar refractivity (Wildman–Crippen MR) is 473 cm³/mol. The van der Waals surface area contributed by atoms with Crippen LogP contribution in [0.15, 0.2) is 400 Å². The molecule has 0 saturated heterocycles. The lowest BCUT2D eigenvalue weighted by atomic mass is 9.70. The Morgan fingerprint density at radius 1 is 0.172 bits per heavy atom. The summed E-state index contributed by atoms with van der Waals surface area (Å²) >= 11 is 0. The number of hydrogen-bond donors (Lipinski definition) is 0. The molecular weight excluding hydrogens is 1410 g/mol. The molecule has 23 rings (SSSR count). The molecule has 0 amide bonds. The Hall–Kier alpha value is -15.6. The van der Waals surface area contributed by atoms with Crippen molar-refractivity contribution >= 4 is 32.9 Å². The molecule has 4 aliphatic carbocycles. The lowest BCUT2D eigenvalue weighted by Gasteiger charge is -2.30. The van der Waals surface area contributed by atoms with E-state index < -0.39 is 10.8 Å². The van der Waals surface area contributed by atoms with Crippen molar-refractivity contribution in [3.05, 3.63) is 468 Å². The second-order valence-electron chi connectivity index (χ2n) is 30.4. The molecular formula is C110H66N6. The van der Waals surface area contributed by atoms with E-state index in [4.69, 9.17) is 33.1 Å². The van der Waals surface area contributed by atoms with Gasteiger partial charge in [0.15, 0.2) is 23.0 Å². The van der Waals surface area contributed by atoms with Gasteiger partial charge in [0, 0.05) is 33.4 Å². The fourth-order valence-corrected chi connectivity index (χ4v) is 19.0. The number of nitrogens with zero attached hydrogens (tertiary/aromatic N) is 6. The van der Waals surface area contributed by atoms with Gasteiger partial charge in [-0.25, -0.2) is 29.6 Å². The minimum Gasteiger partial charge on any atom is -0.238 e. The third-order valence-corrected chi connectivity index (χ3v) is 24.3. The maximum atomic E-state index is 7.90. The zero-order valence-electron chi connectivity index (χ0n) is 62.8. The molecule has 2 spiro atoms. The van der Waals surface area contributed by atoms with Gasteiger partial charge in [-0.1, -0.05) is 352 Å². The molecule has 0 bridgehead atoms. The largest absolute Gasteiger partial charge is 0.238 e. The van der Waals surface area contributed by atoms with E-state index in [1.807, 2.05) is 36.4 Å².